The Morgan fingerprint density at radius 1 is 1.21 bits per heavy atom. The fraction of sp³-hybridized carbons (Fsp3) is 0.917. The van der Waals surface area contributed by atoms with Crippen LogP contribution in [0.4, 0.5) is 0 Å². The molecule has 0 saturated heterocycles. The third-order valence-electron chi connectivity index (χ3n) is 3.03. The van der Waals surface area contributed by atoms with Crippen molar-refractivity contribution in [2.24, 2.45) is 17.6 Å². The Balaban J connectivity index is 3.80. The number of carbonyl (C=O) groups excluding carboxylic acids is 1. The van der Waals surface area contributed by atoms with Crippen molar-refractivity contribution in [2.75, 3.05) is 25.9 Å². The average molecular weight is 293 g/mol. The number of carbonyl (C=O) groups is 1. The molecular weight excluding hydrogens is 266 g/mol. The van der Waals surface area contributed by atoms with Crippen LogP contribution >= 0.6 is 0 Å². The molecule has 1 unspecified atom stereocenters. The van der Waals surface area contributed by atoms with Gasteiger partial charge in [-0.15, -0.1) is 0 Å². The van der Waals surface area contributed by atoms with Gasteiger partial charge in [-0.3, -0.25) is 4.79 Å². The van der Waals surface area contributed by atoms with E-state index in [-0.39, 0.29) is 12.5 Å². The van der Waals surface area contributed by atoms with Gasteiger partial charge in [0.25, 0.3) is 0 Å². The summed E-state index contributed by atoms with van der Waals surface area (Å²) in [5.74, 6) is 0.936. The standard InChI is InChI=1S/C12H27N3O3S/c1-10(2)11(6-7-13)4-5-12(16)14-8-9-15-19(3,17)18/h10-11,15H,4-9,13H2,1-3H3,(H,14,16). The minimum Gasteiger partial charge on any atom is -0.355 e. The van der Waals surface area contributed by atoms with Gasteiger partial charge in [-0.1, -0.05) is 13.8 Å². The van der Waals surface area contributed by atoms with Crippen LogP contribution in [0.5, 0.6) is 0 Å². The Hall–Kier alpha value is -0.660. The first-order valence-corrected chi connectivity index (χ1v) is 8.56. The van der Waals surface area contributed by atoms with Crippen LogP contribution in [0.25, 0.3) is 0 Å². The summed E-state index contributed by atoms with van der Waals surface area (Å²) >= 11 is 0. The maximum atomic E-state index is 11.6. The number of nitrogens with two attached hydrogens (primary N) is 1. The second kappa shape index (κ2) is 9.28. The van der Waals surface area contributed by atoms with Gasteiger partial charge in [-0.05, 0) is 31.2 Å². The Labute approximate surface area is 116 Å². The Bertz CT molecular complexity index is 355. The minimum atomic E-state index is -3.18. The summed E-state index contributed by atoms with van der Waals surface area (Å²) in [6.45, 7) is 5.45. The van der Waals surface area contributed by atoms with Crippen LogP contribution < -0.4 is 15.8 Å². The first kappa shape index (κ1) is 18.3. The van der Waals surface area contributed by atoms with Crippen molar-refractivity contribution < 1.29 is 13.2 Å². The van der Waals surface area contributed by atoms with Crippen molar-refractivity contribution in [1.29, 1.82) is 0 Å². The van der Waals surface area contributed by atoms with Gasteiger partial charge >= 0.3 is 0 Å². The van der Waals surface area contributed by atoms with Crippen LogP contribution in [0.2, 0.25) is 0 Å². The Kier molecular flexibility index (Phi) is 8.95. The molecule has 0 aromatic carbocycles. The first-order valence-electron chi connectivity index (χ1n) is 6.67. The Morgan fingerprint density at radius 3 is 2.32 bits per heavy atom. The molecule has 0 spiro atoms. The summed E-state index contributed by atoms with van der Waals surface area (Å²) in [7, 11) is -3.18. The van der Waals surface area contributed by atoms with Crippen molar-refractivity contribution in [3.63, 3.8) is 0 Å². The fourth-order valence-corrected chi connectivity index (χ4v) is 2.34. The molecule has 6 nitrogen and oxygen atoms in total. The van der Waals surface area contributed by atoms with E-state index in [1.165, 1.54) is 0 Å². The summed E-state index contributed by atoms with van der Waals surface area (Å²) in [5.41, 5.74) is 5.55. The number of amides is 1. The van der Waals surface area contributed by atoms with Gasteiger partial charge in [0, 0.05) is 19.5 Å². The van der Waals surface area contributed by atoms with Crippen molar-refractivity contribution >= 4 is 15.9 Å². The van der Waals surface area contributed by atoms with E-state index in [1.807, 2.05) is 0 Å². The van der Waals surface area contributed by atoms with Crippen LogP contribution in [0.15, 0.2) is 0 Å². The smallest absolute Gasteiger partial charge is 0.220 e. The molecule has 1 amide bonds. The summed E-state index contributed by atoms with van der Waals surface area (Å²) in [6.07, 6.45) is 3.30. The van der Waals surface area contributed by atoms with Crippen LogP contribution in [0.1, 0.15) is 33.1 Å². The monoisotopic (exact) mass is 293 g/mol. The van der Waals surface area contributed by atoms with E-state index in [1.54, 1.807) is 0 Å². The maximum absolute atomic E-state index is 11.6. The molecule has 0 aliphatic heterocycles. The van der Waals surface area contributed by atoms with Crippen molar-refractivity contribution in [1.82, 2.24) is 10.0 Å². The molecule has 0 bridgehead atoms. The predicted molar refractivity (Wildman–Crippen MR) is 77.1 cm³/mol. The molecule has 0 saturated carbocycles. The van der Waals surface area contributed by atoms with E-state index in [0.29, 0.717) is 31.3 Å². The van der Waals surface area contributed by atoms with Crippen LogP contribution in [-0.2, 0) is 14.8 Å². The lowest BCUT2D eigenvalue weighted by Gasteiger charge is -2.19. The molecule has 114 valence electrons. The highest BCUT2D eigenvalue weighted by Crippen LogP contribution is 2.20. The number of nitrogens with one attached hydrogen (secondary N) is 2. The Morgan fingerprint density at radius 2 is 1.84 bits per heavy atom. The highest BCUT2D eigenvalue weighted by atomic mass is 32.2. The molecule has 0 rings (SSSR count). The molecule has 19 heavy (non-hydrogen) atoms. The summed E-state index contributed by atoms with van der Waals surface area (Å²) < 4.78 is 23.9. The zero-order chi connectivity index (χ0) is 14.9. The zero-order valence-electron chi connectivity index (χ0n) is 12.1. The molecule has 0 aliphatic carbocycles. The van der Waals surface area contributed by atoms with Gasteiger partial charge in [0.2, 0.25) is 15.9 Å². The van der Waals surface area contributed by atoms with Crippen LogP contribution in [0.3, 0.4) is 0 Å². The number of hydrogen-bond acceptors (Lipinski definition) is 4. The summed E-state index contributed by atoms with van der Waals surface area (Å²) in [4.78, 5) is 11.6. The van der Waals surface area contributed by atoms with Crippen molar-refractivity contribution in [3.05, 3.63) is 0 Å². The van der Waals surface area contributed by atoms with Gasteiger partial charge in [0.15, 0.2) is 0 Å². The third kappa shape index (κ3) is 10.9. The lowest BCUT2D eigenvalue weighted by Crippen LogP contribution is -2.34. The van der Waals surface area contributed by atoms with Gasteiger partial charge in [0.1, 0.15) is 0 Å². The van der Waals surface area contributed by atoms with Gasteiger partial charge in [-0.2, -0.15) is 0 Å². The number of sulfonamides is 1. The van der Waals surface area contributed by atoms with E-state index in [9.17, 15) is 13.2 Å². The molecule has 0 fully saturated rings. The predicted octanol–water partition coefficient (Wildman–Crippen LogP) is 0.0530. The van der Waals surface area contributed by atoms with Gasteiger partial charge < -0.3 is 11.1 Å². The molecule has 1 atom stereocenters. The molecule has 0 aromatic heterocycles. The van der Waals surface area contributed by atoms with E-state index in [4.69, 9.17) is 5.73 Å². The maximum Gasteiger partial charge on any atom is 0.220 e. The van der Waals surface area contributed by atoms with Gasteiger partial charge in [0.05, 0.1) is 6.26 Å². The molecule has 0 aromatic rings. The molecule has 4 N–H and O–H groups in total. The normalized spacial score (nSPS) is 13.5. The summed E-state index contributed by atoms with van der Waals surface area (Å²) in [5, 5.41) is 2.69. The second-order valence-corrected chi connectivity index (χ2v) is 6.97. The number of rotatable bonds is 10. The fourth-order valence-electron chi connectivity index (χ4n) is 1.87. The second-order valence-electron chi connectivity index (χ2n) is 5.14. The minimum absolute atomic E-state index is 0.0435. The largest absolute Gasteiger partial charge is 0.355 e. The van der Waals surface area contributed by atoms with Crippen molar-refractivity contribution in [3.8, 4) is 0 Å². The van der Waals surface area contributed by atoms with Crippen molar-refractivity contribution in [2.45, 2.75) is 33.1 Å². The quantitative estimate of drug-likeness (QED) is 0.495. The van der Waals surface area contributed by atoms with E-state index in [2.05, 4.69) is 23.9 Å². The van der Waals surface area contributed by atoms with E-state index in [0.717, 1.165) is 19.1 Å². The molecule has 7 heteroatoms. The van der Waals surface area contributed by atoms with E-state index < -0.39 is 10.0 Å². The SMILES string of the molecule is CC(C)C(CCN)CCC(=O)NCCNS(C)(=O)=O. The number of hydrogen-bond donors (Lipinski definition) is 3. The molecule has 0 aliphatic rings. The summed E-state index contributed by atoms with van der Waals surface area (Å²) in [6, 6.07) is 0. The third-order valence-corrected chi connectivity index (χ3v) is 3.76. The lowest BCUT2D eigenvalue weighted by molar-refractivity contribution is -0.121. The lowest BCUT2D eigenvalue weighted by atomic mass is 9.88. The average Bonchev–Trinajstić information content (AvgIpc) is 2.28. The van der Waals surface area contributed by atoms with Gasteiger partial charge in [-0.25, -0.2) is 13.1 Å². The highest BCUT2D eigenvalue weighted by molar-refractivity contribution is 7.88. The first-order chi connectivity index (χ1) is 8.76. The topological polar surface area (TPSA) is 101 Å². The van der Waals surface area contributed by atoms with E-state index >= 15 is 0 Å². The molecule has 0 heterocycles. The highest BCUT2D eigenvalue weighted by Gasteiger charge is 2.14. The van der Waals surface area contributed by atoms with Crippen LogP contribution in [-0.4, -0.2) is 40.2 Å². The zero-order valence-corrected chi connectivity index (χ0v) is 12.9. The van der Waals surface area contributed by atoms with Crippen LogP contribution in [0, 0.1) is 11.8 Å². The molecule has 0 radical (unpaired) electrons. The molecular formula is C12H27N3O3S.